The molecule has 1 unspecified atom stereocenters. The van der Waals surface area contributed by atoms with E-state index in [1.807, 2.05) is 13.0 Å². The molecule has 2 rings (SSSR count). The second-order valence-corrected chi connectivity index (χ2v) is 6.74. The number of aromatic nitrogens is 1. The smallest absolute Gasteiger partial charge is 0.124 e. The van der Waals surface area contributed by atoms with Gasteiger partial charge in [-0.15, -0.1) is 23.1 Å². The van der Waals surface area contributed by atoms with E-state index in [1.165, 1.54) is 6.07 Å². The molecule has 1 aromatic carbocycles. The van der Waals surface area contributed by atoms with Gasteiger partial charge in [0.15, 0.2) is 0 Å². The van der Waals surface area contributed by atoms with Crippen molar-refractivity contribution in [2.45, 2.75) is 31.2 Å². The molecule has 0 bridgehead atoms. The van der Waals surface area contributed by atoms with E-state index in [1.54, 1.807) is 35.2 Å². The summed E-state index contributed by atoms with van der Waals surface area (Å²) in [7, 11) is 0. The SMILES string of the molecule is CCNC(CSc1cccc(F)c1)Cc1csc(C)n1. The Morgan fingerprint density at radius 3 is 2.95 bits per heavy atom. The normalized spacial score (nSPS) is 12.6. The second-order valence-electron chi connectivity index (χ2n) is 4.58. The van der Waals surface area contributed by atoms with Crippen molar-refractivity contribution in [2.75, 3.05) is 12.3 Å². The summed E-state index contributed by atoms with van der Waals surface area (Å²) in [6, 6.07) is 7.12. The van der Waals surface area contributed by atoms with Gasteiger partial charge in [-0.1, -0.05) is 13.0 Å². The molecule has 0 amide bonds. The van der Waals surface area contributed by atoms with Crippen LogP contribution in [0, 0.1) is 12.7 Å². The molecule has 0 radical (unpaired) electrons. The molecule has 0 spiro atoms. The van der Waals surface area contributed by atoms with Gasteiger partial charge in [-0.25, -0.2) is 9.37 Å². The number of likely N-dealkylation sites (N-methyl/N-ethyl adjacent to an activating group) is 1. The van der Waals surface area contributed by atoms with Crippen LogP contribution >= 0.6 is 23.1 Å². The highest BCUT2D eigenvalue weighted by Gasteiger charge is 2.11. The largest absolute Gasteiger partial charge is 0.313 e. The number of nitrogens with one attached hydrogen (secondary N) is 1. The van der Waals surface area contributed by atoms with E-state index in [4.69, 9.17) is 0 Å². The van der Waals surface area contributed by atoms with E-state index in [-0.39, 0.29) is 5.82 Å². The standard InChI is InChI=1S/C15H19FN2S2/c1-3-17-13(8-14-10-19-11(2)18-14)9-20-15-6-4-5-12(16)7-15/h4-7,10,13,17H,3,8-9H2,1-2H3. The molecule has 0 aliphatic rings. The number of thiazole rings is 1. The zero-order chi connectivity index (χ0) is 14.4. The number of thioether (sulfide) groups is 1. The average Bonchev–Trinajstić information content (AvgIpc) is 2.82. The van der Waals surface area contributed by atoms with Gasteiger partial charge >= 0.3 is 0 Å². The first-order valence-corrected chi connectivity index (χ1v) is 8.56. The van der Waals surface area contributed by atoms with Crippen LogP contribution in [0.4, 0.5) is 4.39 Å². The summed E-state index contributed by atoms with van der Waals surface area (Å²) < 4.78 is 13.2. The lowest BCUT2D eigenvalue weighted by Crippen LogP contribution is -2.33. The van der Waals surface area contributed by atoms with Gasteiger partial charge in [0.05, 0.1) is 10.7 Å². The number of benzene rings is 1. The molecular weight excluding hydrogens is 291 g/mol. The molecule has 5 heteroatoms. The molecule has 2 nitrogen and oxygen atoms in total. The molecule has 20 heavy (non-hydrogen) atoms. The van der Waals surface area contributed by atoms with Crippen LogP contribution in [0.5, 0.6) is 0 Å². The van der Waals surface area contributed by atoms with Crippen LogP contribution in [0.2, 0.25) is 0 Å². The van der Waals surface area contributed by atoms with Gasteiger partial charge in [0.1, 0.15) is 5.82 Å². The Labute approximate surface area is 127 Å². The van der Waals surface area contributed by atoms with Crippen molar-refractivity contribution in [1.82, 2.24) is 10.3 Å². The second kappa shape index (κ2) is 7.76. The Bertz CT molecular complexity index is 542. The molecule has 0 saturated heterocycles. The molecule has 1 aromatic heterocycles. The van der Waals surface area contributed by atoms with E-state index in [0.29, 0.717) is 6.04 Å². The number of hydrogen-bond acceptors (Lipinski definition) is 4. The van der Waals surface area contributed by atoms with Gasteiger partial charge in [0.2, 0.25) is 0 Å². The fourth-order valence-electron chi connectivity index (χ4n) is 1.99. The van der Waals surface area contributed by atoms with Gasteiger partial charge in [-0.3, -0.25) is 0 Å². The topological polar surface area (TPSA) is 24.9 Å². The first kappa shape index (κ1) is 15.5. The van der Waals surface area contributed by atoms with Crippen LogP contribution in [0.3, 0.4) is 0 Å². The van der Waals surface area contributed by atoms with E-state index in [2.05, 4.69) is 22.6 Å². The fourth-order valence-corrected chi connectivity index (χ4v) is 3.61. The highest BCUT2D eigenvalue weighted by molar-refractivity contribution is 7.99. The van der Waals surface area contributed by atoms with Crippen molar-refractivity contribution in [3.8, 4) is 0 Å². The van der Waals surface area contributed by atoms with Crippen molar-refractivity contribution >= 4 is 23.1 Å². The predicted octanol–water partition coefficient (Wildman–Crippen LogP) is 3.90. The van der Waals surface area contributed by atoms with Gasteiger partial charge in [-0.2, -0.15) is 0 Å². The molecule has 1 heterocycles. The summed E-state index contributed by atoms with van der Waals surface area (Å²) in [6.45, 7) is 5.06. The lowest BCUT2D eigenvalue weighted by molar-refractivity contribution is 0.567. The molecule has 1 N–H and O–H groups in total. The van der Waals surface area contributed by atoms with Crippen LogP contribution in [-0.2, 0) is 6.42 Å². The lowest BCUT2D eigenvalue weighted by Gasteiger charge is -2.16. The van der Waals surface area contributed by atoms with Gasteiger partial charge in [0.25, 0.3) is 0 Å². The third-order valence-corrected chi connectivity index (χ3v) is 4.84. The quantitative estimate of drug-likeness (QED) is 0.785. The van der Waals surface area contributed by atoms with Gasteiger partial charge in [0, 0.05) is 28.5 Å². The van der Waals surface area contributed by atoms with E-state index < -0.39 is 0 Å². The van der Waals surface area contributed by atoms with Crippen LogP contribution in [0.15, 0.2) is 34.5 Å². The van der Waals surface area contributed by atoms with Crippen LogP contribution in [0.25, 0.3) is 0 Å². The fraction of sp³-hybridized carbons (Fsp3) is 0.400. The predicted molar refractivity (Wildman–Crippen MR) is 85.1 cm³/mol. The molecule has 0 aliphatic heterocycles. The Hall–Kier alpha value is -0.910. The van der Waals surface area contributed by atoms with Crippen molar-refractivity contribution in [3.05, 3.63) is 46.2 Å². The number of hydrogen-bond donors (Lipinski definition) is 1. The minimum atomic E-state index is -0.176. The molecule has 0 fully saturated rings. The van der Waals surface area contributed by atoms with Gasteiger partial charge in [-0.05, 0) is 31.7 Å². The Kier molecular flexibility index (Phi) is 6.01. The minimum absolute atomic E-state index is 0.176. The summed E-state index contributed by atoms with van der Waals surface area (Å²) in [4.78, 5) is 5.49. The zero-order valence-electron chi connectivity index (χ0n) is 11.7. The van der Waals surface area contributed by atoms with Crippen molar-refractivity contribution in [1.29, 1.82) is 0 Å². The average molecular weight is 310 g/mol. The summed E-state index contributed by atoms with van der Waals surface area (Å²) in [6.07, 6.45) is 0.917. The number of rotatable bonds is 7. The lowest BCUT2D eigenvalue weighted by atomic mass is 10.2. The Balaban J connectivity index is 1.91. The highest BCUT2D eigenvalue weighted by Crippen LogP contribution is 2.21. The summed E-state index contributed by atoms with van der Waals surface area (Å²) in [5.74, 6) is 0.735. The van der Waals surface area contributed by atoms with Crippen molar-refractivity contribution in [3.63, 3.8) is 0 Å². The summed E-state index contributed by atoms with van der Waals surface area (Å²) in [5, 5.41) is 6.70. The van der Waals surface area contributed by atoms with E-state index >= 15 is 0 Å². The van der Waals surface area contributed by atoms with Crippen LogP contribution < -0.4 is 5.32 Å². The third kappa shape index (κ3) is 4.89. The van der Waals surface area contributed by atoms with Crippen molar-refractivity contribution < 1.29 is 4.39 Å². The zero-order valence-corrected chi connectivity index (χ0v) is 13.4. The maximum Gasteiger partial charge on any atom is 0.124 e. The maximum atomic E-state index is 13.2. The summed E-state index contributed by atoms with van der Waals surface area (Å²) >= 11 is 3.37. The maximum absolute atomic E-state index is 13.2. The molecule has 0 aliphatic carbocycles. The molecule has 0 saturated carbocycles. The van der Waals surface area contributed by atoms with Crippen molar-refractivity contribution in [2.24, 2.45) is 0 Å². The molecule has 2 aromatic rings. The van der Waals surface area contributed by atoms with Crippen LogP contribution in [-0.4, -0.2) is 23.3 Å². The van der Waals surface area contributed by atoms with Crippen LogP contribution in [0.1, 0.15) is 17.6 Å². The van der Waals surface area contributed by atoms with E-state index in [9.17, 15) is 4.39 Å². The van der Waals surface area contributed by atoms with E-state index in [0.717, 1.165) is 34.3 Å². The molecular formula is C15H19FN2S2. The number of halogens is 1. The minimum Gasteiger partial charge on any atom is -0.313 e. The molecule has 108 valence electrons. The monoisotopic (exact) mass is 310 g/mol. The Morgan fingerprint density at radius 2 is 2.30 bits per heavy atom. The third-order valence-electron chi connectivity index (χ3n) is 2.86. The molecule has 1 atom stereocenters. The van der Waals surface area contributed by atoms with Gasteiger partial charge < -0.3 is 5.32 Å². The number of nitrogens with zero attached hydrogens (tertiary/aromatic N) is 1. The first-order valence-electron chi connectivity index (χ1n) is 6.70. The summed E-state index contributed by atoms with van der Waals surface area (Å²) in [5.41, 5.74) is 1.14. The first-order chi connectivity index (χ1) is 9.67. The highest BCUT2D eigenvalue weighted by atomic mass is 32.2. The Morgan fingerprint density at radius 1 is 1.45 bits per heavy atom. The number of aryl methyl sites for hydroxylation is 1.